The monoisotopic (exact) mass is 282 g/mol. The molecule has 5 nitrogen and oxygen atoms in total. The van der Waals surface area contributed by atoms with E-state index in [2.05, 4.69) is 4.72 Å². The highest BCUT2D eigenvalue weighted by Gasteiger charge is 2.21. The van der Waals surface area contributed by atoms with Gasteiger partial charge in [0.25, 0.3) is 0 Å². The second-order valence-electron chi connectivity index (χ2n) is 4.77. The van der Waals surface area contributed by atoms with Gasteiger partial charge >= 0.3 is 0 Å². The van der Waals surface area contributed by atoms with Crippen molar-refractivity contribution in [1.82, 2.24) is 4.72 Å². The predicted octanol–water partition coefficient (Wildman–Crippen LogP) is 0.661. The normalized spacial score (nSPS) is 17.3. The molecule has 0 unspecified atom stereocenters. The van der Waals surface area contributed by atoms with Crippen molar-refractivity contribution in [2.75, 3.05) is 0 Å². The lowest BCUT2D eigenvalue weighted by Gasteiger charge is -2.22. The van der Waals surface area contributed by atoms with Crippen LogP contribution in [0.5, 0.6) is 0 Å². The molecule has 19 heavy (non-hydrogen) atoms. The summed E-state index contributed by atoms with van der Waals surface area (Å²) >= 11 is 0. The fourth-order valence-corrected chi connectivity index (χ4v) is 3.58. The molecule has 6 heteroatoms. The number of benzene rings is 1. The lowest BCUT2D eigenvalue weighted by Crippen LogP contribution is -2.36. The molecule has 1 aromatic carbocycles. The average Bonchev–Trinajstić information content (AvgIpc) is 2.39. The molecule has 0 aromatic heterocycles. The van der Waals surface area contributed by atoms with E-state index in [1.807, 2.05) is 0 Å². The highest BCUT2D eigenvalue weighted by atomic mass is 32.2. The molecule has 1 N–H and O–H groups in total. The topological polar surface area (TPSA) is 86.3 Å². The molecule has 0 amide bonds. The van der Waals surface area contributed by atoms with Gasteiger partial charge < -0.3 is 9.90 Å². The number of nitrogens with one attached hydrogen (secondary N) is 1. The first kappa shape index (κ1) is 14.0. The van der Waals surface area contributed by atoms with Crippen molar-refractivity contribution in [3.8, 4) is 0 Å². The fourth-order valence-electron chi connectivity index (χ4n) is 2.28. The molecule has 0 radical (unpaired) electrons. The van der Waals surface area contributed by atoms with Crippen LogP contribution in [0.15, 0.2) is 29.2 Å². The van der Waals surface area contributed by atoms with E-state index in [0.29, 0.717) is 0 Å². The Morgan fingerprint density at radius 1 is 1.11 bits per heavy atom. The van der Waals surface area contributed by atoms with Crippen LogP contribution in [0.3, 0.4) is 0 Å². The number of carboxylic acids is 1. The first-order valence-corrected chi connectivity index (χ1v) is 7.81. The molecule has 0 saturated heterocycles. The minimum absolute atomic E-state index is 0.0143. The second kappa shape index (κ2) is 5.71. The minimum Gasteiger partial charge on any atom is -0.545 e. The Kier molecular flexibility index (Phi) is 4.21. The SMILES string of the molecule is O=C([O-])c1ccc(S(=O)(=O)NC2CCCCC2)cc1. The highest BCUT2D eigenvalue weighted by Crippen LogP contribution is 2.20. The van der Waals surface area contributed by atoms with E-state index in [1.165, 1.54) is 24.3 Å². The third kappa shape index (κ3) is 3.54. The van der Waals surface area contributed by atoms with E-state index < -0.39 is 16.0 Å². The molecule has 0 spiro atoms. The summed E-state index contributed by atoms with van der Waals surface area (Å²) in [7, 11) is -3.57. The first-order valence-electron chi connectivity index (χ1n) is 6.33. The van der Waals surface area contributed by atoms with Crippen LogP contribution in [0, 0.1) is 0 Å². The van der Waals surface area contributed by atoms with Crippen LogP contribution in [0.1, 0.15) is 42.5 Å². The molecule has 1 fully saturated rings. The molecule has 0 heterocycles. The summed E-state index contributed by atoms with van der Waals surface area (Å²) in [5.41, 5.74) is -0.0309. The Labute approximate surface area is 112 Å². The predicted molar refractivity (Wildman–Crippen MR) is 68.0 cm³/mol. The zero-order valence-corrected chi connectivity index (χ0v) is 11.3. The highest BCUT2D eigenvalue weighted by molar-refractivity contribution is 7.89. The summed E-state index contributed by atoms with van der Waals surface area (Å²) in [5.74, 6) is -1.32. The summed E-state index contributed by atoms with van der Waals surface area (Å²) in [6, 6.07) is 5.04. The van der Waals surface area contributed by atoms with Crippen molar-refractivity contribution in [1.29, 1.82) is 0 Å². The summed E-state index contributed by atoms with van der Waals surface area (Å²) in [6.07, 6.45) is 4.94. The van der Waals surface area contributed by atoms with Gasteiger partial charge in [-0.25, -0.2) is 13.1 Å². The number of sulfonamides is 1. The Hall–Kier alpha value is -1.40. The molecule has 1 aliphatic rings. The fraction of sp³-hybridized carbons (Fsp3) is 0.462. The summed E-state index contributed by atoms with van der Waals surface area (Å²) < 4.78 is 26.9. The van der Waals surface area contributed by atoms with E-state index in [-0.39, 0.29) is 16.5 Å². The number of rotatable bonds is 4. The van der Waals surface area contributed by atoms with Crippen LogP contribution in [0.2, 0.25) is 0 Å². The largest absolute Gasteiger partial charge is 0.545 e. The van der Waals surface area contributed by atoms with Crippen molar-refractivity contribution >= 4 is 16.0 Å². The van der Waals surface area contributed by atoms with Crippen LogP contribution < -0.4 is 9.83 Å². The molecular formula is C13H16NO4S-. The van der Waals surface area contributed by atoms with Gasteiger partial charge in [-0.05, 0) is 30.5 Å². The number of carbonyl (C=O) groups is 1. The number of carbonyl (C=O) groups excluding carboxylic acids is 1. The van der Waals surface area contributed by atoms with Gasteiger partial charge in [0.2, 0.25) is 10.0 Å². The van der Waals surface area contributed by atoms with Crippen LogP contribution >= 0.6 is 0 Å². The van der Waals surface area contributed by atoms with Gasteiger partial charge in [-0.15, -0.1) is 0 Å². The zero-order valence-electron chi connectivity index (χ0n) is 10.5. The van der Waals surface area contributed by atoms with Crippen molar-refractivity contribution in [3.05, 3.63) is 29.8 Å². The van der Waals surface area contributed by atoms with E-state index in [4.69, 9.17) is 0 Å². The number of carboxylic acid groups (broad SMARTS) is 1. The van der Waals surface area contributed by atoms with Gasteiger partial charge in [0, 0.05) is 6.04 Å². The Bertz CT molecular complexity index is 545. The summed E-state index contributed by atoms with van der Waals surface area (Å²) in [6.45, 7) is 0. The second-order valence-corrected chi connectivity index (χ2v) is 6.48. The van der Waals surface area contributed by atoms with Gasteiger partial charge in [-0.2, -0.15) is 0 Å². The number of hydrogen-bond donors (Lipinski definition) is 1. The molecule has 0 atom stereocenters. The zero-order chi connectivity index (χ0) is 13.9. The number of hydrogen-bond acceptors (Lipinski definition) is 4. The summed E-state index contributed by atoms with van der Waals surface area (Å²) in [4.78, 5) is 10.7. The van der Waals surface area contributed by atoms with Crippen LogP contribution in [-0.4, -0.2) is 20.4 Å². The molecule has 104 valence electrons. The maximum absolute atomic E-state index is 12.1. The van der Waals surface area contributed by atoms with E-state index in [0.717, 1.165) is 32.1 Å². The first-order chi connectivity index (χ1) is 8.99. The Morgan fingerprint density at radius 2 is 1.68 bits per heavy atom. The smallest absolute Gasteiger partial charge is 0.240 e. The van der Waals surface area contributed by atoms with E-state index >= 15 is 0 Å². The van der Waals surface area contributed by atoms with Gasteiger partial charge in [0.15, 0.2) is 0 Å². The molecular weight excluding hydrogens is 266 g/mol. The van der Waals surface area contributed by atoms with Crippen molar-refractivity contribution < 1.29 is 18.3 Å². The molecule has 1 saturated carbocycles. The van der Waals surface area contributed by atoms with Crippen molar-refractivity contribution in [2.45, 2.75) is 43.0 Å². The van der Waals surface area contributed by atoms with Crippen LogP contribution in [0.4, 0.5) is 0 Å². The van der Waals surface area contributed by atoms with Crippen LogP contribution in [0.25, 0.3) is 0 Å². The lowest BCUT2D eigenvalue weighted by atomic mass is 9.96. The maximum atomic E-state index is 12.1. The van der Waals surface area contributed by atoms with Crippen molar-refractivity contribution in [2.24, 2.45) is 0 Å². The minimum atomic E-state index is -3.57. The standard InChI is InChI=1S/C13H17NO4S/c15-13(16)10-6-8-12(9-7-10)19(17,18)14-11-4-2-1-3-5-11/h6-9,11,14H,1-5H2,(H,15,16)/p-1. The molecule has 1 aromatic rings. The molecule has 1 aliphatic carbocycles. The third-order valence-corrected chi connectivity index (χ3v) is 4.86. The third-order valence-electron chi connectivity index (χ3n) is 3.33. The van der Waals surface area contributed by atoms with Crippen LogP contribution in [-0.2, 0) is 10.0 Å². The lowest BCUT2D eigenvalue weighted by molar-refractivity contribution is -0.255. The molecule has 0 aliphatic heterocycles. The average molecular weight is 282 g/mol. The quantitative estimate of drug-likeness (QED) is 0.879. The summed E-state index contributed by atoms with van der Waals surface area (Å²) in [5, 5.41) is 10.6. The van der Waals surface area contributed by atoms with E-state index in [1.54, 1.807) is 0 Å². The molecule has 0 bridgehead atoms. The molecule has 2 rings (SSSR count). The van der Waals surface area contributed by atoms with Gasteiger partial charge in [-0.3, -0.25) is 0 Å². The van der Waals surface area contributed by atoms with Gasteiger partial charge in [0.1, 0.15) is 0 Å². The van der Waals surface area contributed by atoms with E-state index in [9.17, 15) is 18.3 Å². The Balaban J connectivity index is 2.12. The maximum Gasteiger partial charge on any atom is 0.240 e. The number of aromatic carboxylic acids is 1. The Morgan fingerprint density at radius 3 is 2.21 bits per heavy atom. The van der Waals surface area contributed by atoms with Crippen molar-refractivity contribution in [3.63, 3.8) is 0 Å². The van der Waals surface area contributed by atoms with Gasteiger partial charge in [0.05, 0.1) is 10.9 Å². The van der Waals surface area contributed by atoms with Gasteiger partial charge in [-0.1, -0.05) is 31.4 Å².